The first-order valence-electron chi connectivity index (χ1n) is 5.78. The molecule has 1 aliphatic heterocycles. The predicted octanol–water partition coefficient (Wildman–Crippen LogP) is 1.38. The number of ether oxygens (including phenoxy) is 1. The van der Waals surface area contributed by atoms with Gasteiger partial charge in [0.15, 0.2) is 0 Å². The fourth-order valence-electron chi connectivity index (χ4n) is 2.09. The maximum absolute atomic E-state index is 12.0. The molecule has 0 aliphatic carbocycles. The Morgan fingerprint density at radius 2 is 2.28 bits per heavy atom. The molecule has 0 unspecified atom stereocenters. The molecule has 96 valence electrons. The standard InChI is InChI=1S/C13H15NO4/c1-18-6-2-5-14-8-10-7-9(13(16)17)3-4-11(10)12(14)15/h3-4,7H,2,5-6,8H2,1H3,(H,16,17). The summed E-state index contributed by atoms with van der Waals surface area (Å²) in [5.41, 5.74) is 1.62. The minimum absolute atomic E-state index is 0.0296. The summed E-state index contributed by atoms with van der Waals surface area (Å²) in [5, 5.41) is 8.91. The van der Waals surface area contributed by atoms with Crippen LogP contribution in [0, 0.1) is 0 Å². The van der Waals surface area contributed by atoms with Crippen molar-refractivity contribution in [2.75, 3.05) is 20.3 Å². The summed E-state index contributed by atoms with van der Waals surface area (Å²) in [4.78, 5) is 24.6. The molecule has 1 aromatic rings. The second kappa shape index (κ2) is 5.18. The van der Waals surface area contributed by atoms with Crippen LogP contribution in [-0.2, 0) is 11.3 Å². The van der Waals surface area contributed by atoms with Crippen molar-refractivity contribution in [2.24, 2.45) is 0 Å². The lowest BCUT2D eigenvalue weighted by Gasteiger charge is -2.14. The molecule has 1 aromatic carbocycles. The van der Waals surface area contributed by atoms with Gasteiger partial charge >= 0.3 is 5.97 Å². The molecule has 0 atom stereocenters. The summed E-state index contributed by atoms with van der Waals surface area (Å²) in [6, 6.07) is 4.64. The van der Waals surface area contributed by atoms with Crippen molar-refractivity contribution < 1.29 is 19.4 Å². The van der Waals surface area contributed by atoms with E-state index in [0.29, 0.717) is 25.3 Å². The Morgan fingerprint density at radius 1 is 1.50 bits per heavy atom. The Labute approximate surface area is 105 Å². The maximum Gasteiger partial charge on any atom is 0.335 e. The van der Waals surface area contributed by atoms with E-state index in [9.17, 15) is 9.59 Å². The van der Waals surface area contributed by atoms with E-state index in [1.807, 2.05) is 0 Å². The van der Waals surface area contributed by atoms with E-state index < -0.39 is 5.97 Å². The number of fused-ring (bicyclic) bond motifs is 1. The third kappa shape index (κ3) is 2.36. The number of carboxylic acid groups (broad SMARTS) is 1. The first kappa shape index (κ1) is 12.6. The average Bonchev–Trinajstić information content (AvgIpc) is 2.66. The van der Waals surface area contributed by atoms with E-state index in [1.54, 1.807) is 24.1 Å². The summed E-state index contributed by atoms with van der Waals surface area (Å²) in [6.45, 7) is 1.73. The van der Waals surface area contributed by atoms with Crippen LogP contribution in [0.4, 0.5) is 0 Å². The maximum atomic E-state index is 12.0. The fraction of sp³-hybridized carbons (Fsp3) is 0.385. The van der Waals surface area contributed by atoms with Gasteiger partial charge in [0.1, 0.15) is 0 Å². The predicted molar refractivity (Wildman–Crippen MR) is 64.6 cm³/mol. The van der Waals surface area contributed by atoms with Gasteiger partial charge in [-0.2, -0.15) is 0 Å². The highest BCUT2D eigenvalue weighted by atomic mass is 16.5. The molecule has 5 nitrogen and oxygen atoms in total. The molecule has 0 radical (unpaired) electrons. The van der Waals surface area contributed by atoms with Crippen LogP contribution in [0.25, 0.3) is 0 Å². The Hall–Kier alpha value is -1.88. The molecular weight excluding hydrogens is 234 g/mol. The summed E-state index contributed by atoms with van der Waals surface area (Å²) < 4.78 is 4.95. The zero-order valence-electron chi connectivity index (χ0n) is 10.2. The lowest BCUT2D eigenvalue weighted by molar-refractivity contribution is 0.0695. The van der Waals surface area contributed by atoms with Crippen LogP contribution in [0.3, 0.4) is 0 Å². The van der Waals surface area contributed by atoms with Gasteiger partial charge in [-0.3, -0.25) is 4.79 Å². The molecule has 0 bridgehead atoms. The third-order valence-electron chi connectivity index (χ3n) is 3.01. The molecule has 2 rings (SSSR count). The molecule has 0 saturated heterocycles. The van der Waals surface area contributed by atoms with Crippen molar-refractivity contribution in [3.8, 4) is 0 Å². The lowest BCUT2D eigenvalue weighted by atomic mass is 10.1. The molecule has 18 heavy (non-hydrogen) atoms. The number of benzene rings is 1. The number of methoxy groups -OCH3 is 1. The van der Waals surface area contributed by atoms with Crippen molar-refractivity contribution in [3.63, 3.8) is 0 Å². The first-order valence-corrected chi connectivity index (χ1v) is 5.78. The second-order valence-corrected chi connectivity index (χ2v) is 4.25. The topological polar surface area (TPSA) is 66.8 Å². The molecule has 1 aliphatic rings. The summed E-state index contributed by atoms with van der Waals surface area (Å²) in [6.07, 6.45) is 0.780. The molecule has 1 N–H and O–H groups in total. The molecule has 0 aromatic heterocycles. The van der Waals surface area contributed by atoms with Crippen molar-refractivity contribution in [1.29, 1.82) is 0 Å². The van der Waals surface area contributed by atoms with Gasteiger partial charge in [0, 0.05) is 32.4 Å². The van der Waals surface area contributed by atoms with Crippen LogP contribution in [0.2, 0.25) is 0 Å². The highest BCUT2D eigenvalue weighted by molar-refractivity contribution is 5.99. The Kier molecular flexibility index (Phi) is 3.62. The Balaban J connectivity index is 2.12. The smallest absolute Gasteiger partial charge is 0.335 e. The monoisotopic (exact) mass is 249 g/mol. The van der Waals surface area contributed by atoms with E-state index in [4.69, 9.17) is 9.84 Å². The third-order valence-corrected chi connectivity index (χ3v) is 3.01. The van der Waals surface area contributed by atoms with Crippen LogP contribution in [-0.4, -0.2) is 42.1 Å². The number of rotatable bonds is 5. The van der Waals surface area contributed by atoms with E-state index >= 15 is 0 Å². The Morgan fingerprint density at radius 3 is 2.94 bits per heavy atom. The largest absolute Gasteiger partial charge is 0.478 e. The van der Waals surface area contributed by atoms with Crippen molar-refractivity contribution in [2.45, 2.75) is 13.0 Å². The van der Waals surface area contributed by atoms with Crippen molar-refractivity contribution >= 4 is 11.9 Å². The number of carbonyl (C=O) groups is 2. The summed E-state index contributed by atoms with van der Waals surface area (Å²) in [5.74, 6) is -0.999. The van der Waals surface area contributed by atoms with Crippen LogP contribution in [0.1, 0.15) is 32.7 Å². The SMILES string of the molecule is COCCCN1Cc2cc(C(=O)O)ccc2C1=O. The van der Waals surface area contributed by atoms with Gasteiger partial charge in [-0.25, -0.2) is 4.79 Å². The molecule has 1 amide bonds. The van der Waals surface area contributed by atoms with E-state index in [2.05, 4.69) is 0 Å². The van der Waals surface area contributed by atoms with Crippen LogP contribution < -0.4 is 0 Å². The van der Waals surface area contributed by atoms with Gasteiger partial charge in [-0.1, -0.05) is 0 Å². The van der Waals surface area contributed by atoms with Crippen molar-refractivity contribution in [3.05, 3.63) is 34.9 Å². The van der Waals surface area contributed by atoms with Gasteiger partial charge in [-0.15, -0.1) is 0 Å². The highest BCUT2D eigenvalue weighted by Gasteiger charge is 2.27. The minimum atomic E-state index is -0.969. The molecule has 0 fully saturated rings. The van der Waals surface area contributed by atoms with E-state index in [-0.39, 0.29) is 11.5 Å². The zero-order valence-corrected chi connectivity index (χ0v) is 10.2. The normalized spacial score (nSPS) is 13.8. The van der Waals surface area contributed by atoms with Gasteiger partial charge in [-0.05, 0) is 30.2 Å². The number of hydrogen-bond donors (Lipinski definition) is 1. The van der Waals surface area contributed by atoms with E-state index in [1.165, 1.54) is 6.07 Å². The molecule has 0 saturated carbocycles. The minimum Gasteiger partial charge on any atom is -0.478 e. The van der Waals surface area contributed by atoms with Gasteiger partial charge in [0.05, 0.1) is 5.56 Å². The first-order chi connectivity index (χ1) is 8.63. The van der Waals surface area contributed by atoms with Crippen LogP contribution in [0.5, 0.6) is 0 Å². The molecule has 1 heterocycles. The number of amides is 1. The number of carbonyl (C=O) groups excluding carboxylic acids is 1. The van der Waals surface area contributed by atoms with Gasteiger partial charge < -0.3 is 14.7 Å². The Bertz CT molecular complexity index is 484. The average molecular weight is 249 g/mol. The molecular formula is C13H15NO4. The lowest BCUT2D eigenvalue weighted by Crippen LogP contribution is -2.25. The number of aromatic carboxylic acids is 1. The quantitative estimate of drug-likeness (QED) is 0.800. The van der Waals surface area contributed by atoms with Crippen LogP contribution in [0.15, 0.2) is 18.2 Å². The second-order valence-electron chi connectivity index (χ2n) is 4.25. The van der Waals surface area contributed by atoms with Gasteiger partial charge in [0.25, 0.3) is 5.91 Å². The molecule has 5 heteroatoms. The van der Waals surface area contributed by atoms with E-state index in [0.717, 1.165) is 12.0 Å². The number of hydrogen-bond acceptors (Lipinski definition) is 3. The zero-order chi connectivity index (χ0) is 13.1. The fourth-order valence-corrected chi connectivity index (χ4v) is 2.09. The van der Waals surface area contributed by atoms with Crippen LogP contribution >= 0.6 is 0 Å². The summed E-state index contributed by atoms with van der Waals surface area (Å²) in [7, 11) is 1.62. The highest BCUT2D eigenvalue weighted by Crippen LogP contribution is 2.24. The molecule has 0 spiro atoms. The number of carboxylic acids is 1. The van der Waals surface area contributed by atoms with Gasteiger partial charge in [0.2, 0.25) is 0 Å². The van der Waals surface area contributed by atoms with Crippen molar-refractivity contribution in [1.82, 2.24) is 4.90 Å². The summed E-state index contributed by atoms with van der Waals surface area (Å²) >= 11 is 0. The number of nitrogens with zero attached hydrogens (tertiary/aromatic N) is 1.